The second-order valence-electron chi connectivity index (χ2n) is 5.81. The standard InChI is InChI=1S/C16H23N3O.2ClH/c1-18-10-11-19(12-13-6-2-3-8-15(13)18)16(20)14-7-4-5-9-17-14;;/h2-3,6,8,14,17H,4-5,7,9-12H2,1H3;2*1H/t14-;;/m1../s1. The molecule has 1 aromatic carbocycles. The lowest BCUT2D eigenvalue weighted by atomic mass is 10.0. The largest absolute Gasteiger partial charge is 0.373 e. The summed E-state index contributed by atoms with van der Waals surface area (Å²) in [5.41, 5.74) is 2.50. The highest BCUT2D eigenvalue weighted by molar-refractivity contribution is 5.85. The van der Waals surface area contributed by atoms with E-state index in [0.717, 1.165) is 39.0 Å². The van der Waals surface area contributed by atoms with Gasteiger partial charge in [-0.15, -0.1) is 24.8 Å². The molecule has 1 saturated heterocycles. The van der Waals surface area contributed by atoms with Crippen LogP contribution in [0.1, 0.15) is 24.8 Å². The Bertz CT molecular complexity index is 492. The van der Waals surface area contributed by atoms with E-state index in [1.807, 2.05) is 4.90 Å². The second-order valence-corrected chi connectivity index (χ2v) is 5.81. The molecule has 124 valence electrons. The van der Waals surface area contributed by atoms with Crippen molar-refractivity contribution in [3.8, 4) is 0 Å². The highest BCUT2D eigenvalue weighted by Crippen LogP contribution is 2.24. The Balaban J connectivity index is 0.00000121. The second kappa shape index (κ2) is 8.61. The average Bonchev–Trinajstić information content (AvgIpc) is 2.67. The van der Waals surface area contributed by atoms with Crippen LogP contribution in [0.3, 0.4) is 0 Å². The number of nitrogens with one attached hydrogen (secondary N) is 1. The number of fused-ring (bicyclic) bond motifs is 1. The zero-order chi connectivity index (χ0) is 13.9. The third-order valence-corrected chi connectivity index (χ3v) is 4.39. The predicted molar refractivity (Wildman–Crippen MR) is 95.3 cm³/mol. The highest BCUT2D eigenvalue weighted by atomic mass is 35.5. The van der Waals surface area contributed by atoms with Crippen LogP contribution in [0.15, 0.2) is 24.3 Å². The number of carbonyl (C=O) groups is 1. The van der Waals surface area contributed by atoms with Crippen LogP contribution < -0.4 is 10.2 Å². The maximum absolute atomic E-state index is 12.7. The normalized spacial score (nSPS) is 21.0. The van der Waals surface area contributed by atoms with Crippen LogP contribution in [-0.2, 0) is 11.3 Å². The molecule has 1 amide bonds. The quantitative estimate of drug-likeness (QED) is 0.849. The summed E-state index contributed by atoms with van der Waals surface area (Å²) in [6, 6.07) is 8.42. The molecule has 22 heavy (non-hydrogen) atoms. The fourth-order valence-corrected chi connectivity index (χ4v) is 3.16. The van der Waals surface area contributed by atoms with Gasteiger partial charge in [-0.3, -0.25) is 4.79 Å². The molecule has 0 aromatic heterocycles. The summed E-state index contributed by atoms with van der Waals surface area (Å²) in [4.78, 5) is 16.9. The molecule has 1 fully saturated rings. The fourth-order valence-electron chi connectivity index (χ4n) is 3.16. The smallest absolute Gasteiger partial charge is 0.240 e. The summed E-state index contributed by atoms with van der Waals surface area (Å²) in [5.74, 6) is 0.273. The highest BCUT2D eigenvalue weighted by Gasteiger charge is 2.27. The van der Waals surface area contributed by atoms with Gasteiger partial charge in [0.2, 0.25) is 5.91 Å². The molecule has 0 unspecified atom stereocenters. The van der Waals surface area contributed by atoms with Gasteiger partial charge in [-0.1, -0.05) is 24.6 Å². The number of amides is 1. The number of piperidine rings is 1. The lowest BCUT2D eigenvalue weighted by molar-refractivity contribution is -0.134. The lowest BCUT2D eigenvalue weighted by Crippen LogP contribution is -2.49. The maximum Gasteiger partial charge on any atom is 0.240 e. The Morgan fingerprint density at radius 3 is 2.68 bits per heavy atom. The van der Waals surface area contributed by atoms with Gasteiger partial charge in [0.15, 0.2) is 0 Å². The Hall–Kier alpha value is -0.970. The van der Waals surface area contributed by atoms with Crippen molar-refractivity contribution in [2.45, 2.75) is 31.8 Å². The minimum absolute atomic E-state index is 0. The van der Waals surface area contributed by atoms with Crippen LogP contribution in [0, 0.1) is 0 Å². The number of halogens is 2. The van der Waals surface area contributed by atoms with Crippen LogP contribution >= 0.6 is 24.8 Å². The summed E-state index contributed by atoms with van der Waals surface area (Å²) in [5, 5.41) is 3.37. The van der Waals surface area contributed by atoms with Crippen LogP contribution in [0.2, 0.25) is 0 Å². The van der Waals surface area contributed by atoms with E-state index in [9.17, 15) is 4.79 Å². The molecule has 0 radical (unpaired) electrons. The molecule has 0 bridgehead atoms. The molecule has 1 N–H and O–H groups in total. The van der Waals surface area contributed by atoms with Crippen molar-refractivity contribution in [3.05, 3.63) is 29.8 Å². The van der Waals surface area contributed by atoms with Gasteiger partial charge in [0.1, 0.15) is 0 Å². The number of benzene rings is 1. The van der Waals surface area contributed by atoms with Gasteiger partial charge >= 0.3 is 0 Å². The fraction of sp³-hybridized carbons (Fsp3) is 0.562. The zero-order valence-corrected chi connectivity index (χ0v) is 14.6. The number of likely N-dealkylation sites (N-methyl/N-ethyl adjacent to an activating group) is 1. The lowest BCUT2D eigenvalue weighted by Gasteiger charge is -2.29. The van der Waals surface area contributed by atoms with Crippen LogP contribution in [0.4, 0.5) is 5.69 Å². The van der Waals surface area contributed by atoms with E-state index < -0.39 is 0 Å². The predicted octanol–water partition coefficient (Wildman–Crippen LogP) is 2.45. The molecular weight excluding hydrogens is 321 g/mol. The van der Waals surface area contributed by atoms with Crippen LogP contribution in [0.5, 0.6) is 0 Å². The van der Waals surface area contributed by atoms with Gasteiger partial charge in [-0.05, 0) is 31.0 Å². The van der Waals surface area contributed by atoms with Crippen molar-refractivity contribution in [2.75, 3.05) is 31.6 Å². The molecule has 0 spiro atoms. The van der Waals surface area contributed by atoms with Crippen molar-refractivity contribution < 1.29 is 4.79 Å². The van der Waals surface area contributed by atoms with E-state index in [0.29, 0.717) is 0 Å². The minimum Gasteiger partial charge on any atom is -0.373 e. The van der Waals surface area contributed by atoms with E-state index >= 15 is 0 Å². The molecule has 3 rings (SSSR count). The van der Waals surface area contributed by atoms with E-state index in [1.165, 1.54) is 17.7 Å². The van der Waals surface area contributed by atoms with Gasteiger partial charge in [0.05, 0.1) is 6.04 Å². The van der Waals surface area contributed by atoms with Crippen LogP contribution in [0.25, 0.3) is 0 Å². The van der Waals surface area contributed by atoms with Crippen molar-refractivity contribution in [1.29, 1.82) is 0 Å². The van der Waals surface area contributed by atoms with Crippen molar-refractivity contribution >= 4 is 36.4 Å². The van der Waals surface area contributed by atoms with Crippen LogP contribution in [-0.4, -0.2) is 43.5 Å². The summed E-state index contributed by atoms with van der Waals surface area (Å²) < 4.78 is 0. The maximum atomic E-state index is 12.7. The molecule has 4 nitrogen and oxygen atoms in total. The monoisotopic (exact) mass is 345 g/mol. The SMILES string of the molecule is CN1CCN(C(=O)[C@H]2CCCCN2)Cc2ccccc21.Cl.Cl. The number of rotatable bonds is 1. The van der Waals surface area contributed by atoms with E-state index in [-0.39, 0.29) is 36.8 Å². The van der Waals surface area contributed by atoms with Gasteiger partial charge < -0.3 is 15.1 Å². The first kappa shape index (κ1) is 19.1. The Labute approximate surface area is 145 Å². The van der Waals surface area contributed by atoms with E-state index in [1.54, 1.807) is 0 Å². The molecule has 2 heterocycles. The first-order valence-electron chi connectivity index (χ1n) is 7.57. The number of para-hydroxylation sites is 1. The minimum atomic E-state index is 0. The summed E-state index contributed by atoms with van der Waals surface area (Å²) >= 11 is 0. The van der Waals surface area contributed by atoms with Gasteiger partial charge in [0.25, 0.3) is 0 Å². The third-order valence-electron chi connectivity index (χ3n) is 4.39. The Morgan fingerprint density at radius 1 is 1.18 bits per heavy atom. The van der Waals surface area contributed by atoms with E-state index in [2.05, 4.69) is 41.5 Å². The molecule has 1 atom stereocenters. The van der Waals surface area contributed by atoms with E-state index in [4.69, 9.17) is 0 Å². The summed E-state index contributed by atoms with van der Waals surface area (Å²) in [6.45, 7) is 3.41. The van der Waals surface area contributed by atoms with Gasteiger partial charge in [0, 0.05) is 32.4 Å². The zero-order valence-electron chi connectivity index (χ0n) is 13.0. The summed E-state index contributed by atoms with van der Waals surface area (Å²) in [6.07, 6.45) is 3.33. The first-order valence-corrected chi connectivity index (χ1v) is 7.57. The molecule has 2 aliphatic rings. The van der Waals surface area contributed by atoms with Gasteiger partial charge in [-0.25, -0.2) is 0 Å². The molecule has 2 aliphatic heterocycles. The average molecular weight is 346 g/mol. The van der Waals surface area contributed by atoms with Crippen molar-refractivity contribution in [1.82, 2.24) is 10.2 Å². The molecule has 6 heteroatoms. The molecular formula is C16H25Cl2N3O. The number of anilines is 1. The Kier molecular flexibility index (Phi) is 7.46. The topological polar surface area (TPSA) is 35.6 Å². The Morgan fingerprint density at radius 2 is 1.95 bits per heavy atom. The molecule has 0 aliphatic carbocycles. The van der Waals surface area contributed by atoms with Crippen molar-refractivity contribution in [2.24, 2.45) is 0 Å². The number of carbonyl (C=O) groups excluding carboxylic acids is 1. The van der Waals surface area contributed by atoms with Crippen molar-refractivity contribution in [3.63, 3.8) is 0 Å². The first-order chi connectivity index (χ1) is 9.75. The number of hydrogen-bond donors (Lipinski definition) is 1. The molecule has 1 aromatic rings. The third kappa shape index (κ3) is 4.06. The number of hydrogen-bond acceptors (Lipinski definition) is 3. The number of nitrogens with zero attached hydrogens (tertiary/aromatic N) is 2. The summed E-state index contributed by atoms with van der Waals surface area (Å²) in [7, 11) is 2.10. The van der Waals surface area contributed by atoms with Gasteiger partial charge in [-0.2, -0.15) is 0 Å². The molecule has 0 saturated carbocycles.